The van der Waals surface area contributed by atoms with Crippen molar-refractivity contribution >= 4 is 24.0 Å². The second-order valence-corrected chi connectivity index (χ2v) is 2.54. The maximum Gasteiger partial charge on any atom is 0.101 e. The summed E-state index contributed by atoms with van der Waals surface area (Å²) in [6.07, 6.45) is 0. The number of nitrogens with zero attached hydrogens (tertiary/aromatic N) is 1. The zero-order valence-corrected chi connectivity index (χ0v) is 7.82. The largest absolute Gasteiger partial charge is 0.326 e. The Kier molecular flexibility index (Phi) is 4.68. The third-order valence-electron chi connectivity index (χ3n) is 1.39. The molecule has 0 fully saturated rings. The minimum atomic E-state index is 0. The molecular formula is C8H8Cl2N2. The molecule has 4 heteroatoms. The third-order valence-corrected chi connectivity index (χ3v) is 1.70. The third kappa shape index (κ3) is 2.38. The highest BCUT2D eigenvalue weighted by Crippen LogP contribution is 2.16. The van der Waals surface area contributed by atoms with Crippen molar-refractivity contribution in [3.05, 3.63) is 34.3 Å². The van der Waals surface area contributed by atoms with Crippen LogP contribution in [-0.4, -0.2) is 0 Å². The van der Waals surface area contributed by atoms with Crippen LogP contribution in [0.3, 0.4) is 0 Å². The molecule has 0 aliphatic carbocycles. The van der Waals surface area contributed by atoms with Gasteiger partial charge < -0.3 is 5.73 Å². The Morgan fingerprint density at radius 1 is 1.50 bits per heavy atom. The average Bonchev–Trinajstić information content (AvgIpc) is 2.04. The van der Waals surface area contributed by atoms with E-state index in [9.17, 15) is 0 Å². The fourth-order valence-corrected chi connectivity index (χ4v) is 1.02. The Bertz CT molecular complexity index is 304. The van der Waals surface area contributed by atoms with E-state index in [1.54, 1.807) is 18.2 Å². The predicted molar refractivity (Wildman–Crippen MR) is 51.3 cm³/mol. The van der Waals surface area contributed by atoms with Gasteiger partial charge in [-0.3, -0.25) is 0 Å². The van der Waals surface area contributed by atoms with E-state index in [0.29, 0.717) is 17.1 Å². The summed E-state index contributed by atoms with van der Waals surface area (Å²) in [4.78, 5) is 0. The molecule has 0 heterocycles. The lowest BCUT2D eigenvalue weighted by molar-refractivity contribution is 1.07. The van der Waals surface area contributed by atoms with Crippen molar-refractivity contribution in [1.82, 2.24) is 0 Å². The number of hydrogen-bond acceptors (Lipinski definition) is 2. The first-order valence-electron chi connectivity index (χ1n) is 3.16. The van der Waals surface area contributed by atoms with Gasteiger partial charge in [0.2, 0.25) is 0 Å². The van der Waals surface area contributed by atoms with Crippen LogP contribution in [-0.2, 0) is 6.54 Å². The van der Waals surface area contributed by atoms with Gasteiger partial charge in [0.1, 0.15) is 6.07 Å². The summed E-state index contributed by atoms with van der Waals surface area (Å²) < 4.78 is 0. The molecule has 0 amide bonds. The quantitative estimate of drug-likeness (QED) is 0.759. The van der Waals surface area contributed by atoms with Crippen LogP contribution in [0.1, 0.15) is 11.1 Å². The van der Waals surface area contributed by atoms with E-state index in [4.69, 9.17) is 22.6 Å². The molecule has 64 valence electrons. The predicted octanol–water partition coefficient (Wildman–Crippen LogP) is 2.09. The van der Waals surface area contributed by atoms with E-state index in [1.807, 2.05) is 6.07 Å². The second kappa shape index (κ2) is 5.00. The van der Waals surface area contributed by atoms with Gasteiger partial charge in [0, 0.05) is 6.54 Å². The molecule has 12 heavy (non-hydrogen) atoms. The van der Waals surface area contributed by atoms with E-state index < -0.39 is 0 Å². The molecule has 2 N–H and O–H groups in total. The molecule has 0 bridgehead atoms. The summed E-state index contributed by atoms with van der Waals surface area (Å²) >= 11 is 5.73. The SMILES string of the molecule is Cl.N#Cc1ccc(CN)cc1Cl. The van der Waals surface area contributed by atoms with Crippen molar-refractivity contribution in [3.8, 4) is 6.07 Å². The average molecular weight is 203 g/mol. The molecule has 0 aliphatic rings. The molecule has 0 spiro atoms. The van der Waals surface area contributed by atoms with Gasteiger partial charge in [0.25, 0.3) is 0 Å². The van der Waals surface area contributed by atoms with Crippen molar-refractivity contribution in [2.45, 2.75) is 6.54 Å². The van der Waals surface area contributed by atoms with Crippen LogP contribution in [0.5, 0.6) is 0 Å². The zero-order chi connectivity index (χ0) is 8.27. The molecular weight excluding hydrogens is 195 g/mol. The van der Waals surface area contributed by atoms with Gasteiger partial charge in [0.15, 0.2) is 0 Å². The van der Waals surface area contributed by atoms with Crippen LogP contribution in [0.25, 0.3) is 0 Å². The number of nitrogens with two attached hydrogens (primary N) is 1. The maximum absolute atomic E-state index is 8.52. The fourth-order valence-electron chi connectivity index (χ4n) is 0.776. The van der Waals surface area contributed by atoms with Crippen LogP contribution < -0.4 is 5.73 Å². The van der Waals surface area contributed by atoms with Crippen molar-refractivity contribution in [2.75, 3.05) is 0 Å². The van der Waals surface area contributed by atoms with Crippen molar-refractivity contribution in [1.29, 1.82) is 5.26 Å². The van der Waals surface area contributed by atoms with Gasteiger partial charge in [-0.2, -0.15) is 5.26 Å². The molecule has 0 unspecified atom stereocenters. The van der Waals surface area contributed by atoms with Crippen LogP contribution in [0.4, 0.5) is 0 Å². The Morgan fingerprint density at radius 3 is 2.58 bits per heavy atom. The minimum Gasteiger partial charge on any atom is -0.326 e. The molecule has 0 saturated carbocycles. The van der Waals surface area contributed by atoms with Gasteiger partial charge in [-0.25, -0.2) is 0 Å². The lowest BCUT2D eigenvalue weighted by Gasteiger charge is -1.97. The van der Waals surface area contributed by atoms with Gasteiger partial charge in [-0.05, 0) is 17.7 Å². The summed E-state index contributed by atoms with van der Waals surface area (Å²) in [6, 6.07) is 7.15. The van der Waals surface area contributed by atoms with Gasteiger partial charge in [0.05, 0.1) is 10.6 Å². The Balaban J connectivity index is 0.00000121. The number of halogens is 2. The smallest absolute Gasteiger partial charge is 0.101 e. The lowest BCUT2D eigenvalue weighted by atomic mass is 10.1. The summed E-state index contributed by atoms with van der Waals surface area (Å²) in [5.41, 5.74) is 6.80. The molecule has 1 aromatic rings. The first kappa shape index (κ1) is 11.2. The van der Waals surface area contributed by atoms with Gasteiger partial charge in [-0.1, -0.05) is 17.7 Å². The fraction of sp³-hybridized carbons (Fsp3) is 0.125. The topological polar surface area (TPSA) is 49.8 Å². The van der Waals surface area contributed by atoms with Crippen LogP contribution >= 0.6 is 24.0 Å². The molecule has 0 aromatic heterocycles. The van der Waals surface area contributed by atoms with E-state index in [1.165, 1.54) is 0 Å². The second-order valence-electron chi connectivity index (χ2n) is 2.13. The van der Waals surface area contributed by atoms with Crippen LogP contribution in [0, 0.1) is 11.3 Å². The summed E-state index contributed by atoms with van der Waals surface area (Å²) in [7, 11) is 0. The van der Waals surface area contributed by atoms with E-state index in [0.717, 1.165) is 5.56 Å². The molecule has 2 nitrogen and oxygen atoms in total. The highest BCUT2D eigenvalue weighted by Gasteiger charge is 1.98. The first-order valence-corrected chi connectivity index (χ1v) is 3.54. The van der Waals surface area contributed by atoms with E-state index >= 15 is 0 Å². The van der Waals surface area contributed by atoms with E-state index in [2.05, 4.69) is 0 Å². The molecule has 0 saturated heterocycles. The Labute approximate surface area is 82.4 Å². The number of hydrogen-bond donors (Lipinski definition) is 1. The van der Waals surface area contributed by atoms with Crippen molar-refractivity contribution in [3.63, 3.8) is 0 Å². The van der Waals surface area contributed by atoms with Crippen LogP contribution in [0.15, 0.2) is 18.2 Å². The van der Waals surface area contributed by atoms with E-state index in [-0.39, 0.29) is 12.4 Å². The highest BCUT2D eigenvalue weighted by molar-refractivity contribution is 6.31. The minimum absolute atomic E-state index is 0. The Hall–Kier alpha value is -0.750. The first-order chi connectivity index (χ1) is 5.27. The van der Waals surface area contributed by atoms with Gasteiger partial charge >= 0.3 is 0 Å². The molecule has 1 rings (SSSR count). The van der Waals surface area contributed by atoms with Crippen LogP contribution in [0.2, 0.25) is 5.02 Å². The number of nitriles is 1. The lowest BCUT2D eigenvalue weighted by Crippen LogP contribution is -1.95. The normalized spacial score (nSPS) is 8.42. The Morgan fingerprint density at radius 2 is 2.17 bits per heavy atom. The summed E-state index contributed by atoms with van der Waals surface area (Å²) in [5.74, 6) is 0. The molecule has 0 atom stereocenters. The molecule has 0 aliphatic heterocycles. The van der Waals surface area contributed by atoms with Crippen molar-refractivity contribution < 1.29 is 0 Å². The number of benzene rings is 1. The highest BCUT2D eigenvalue weighted by atomic mass is 35.5. The monoisotopic (exact) mass is 202 g/mol. The molecule has 1 aromatic carbocycles. The van der Waals surface area contributed by atoms with Crippen molar-refractivity contribution in [2.24, 2.45) is 5.73 Å². The van der Waals surface area contributed by atoms with Gasteiger partial charge in [-0.15, -0.1) is 12.4 Å². The zero-order valence-electron chi connectivity index (χ0n) is 6.25. The maximum atomic E-state index is 8.52. The summed E-state index contributed by atoms with van der Waals surface area (Å²) in [6.45, 7) is 0.450. The molecule has 0 radical (unpaired) electrons. The standard InChI is InChI=1S/C8H7ClN2.ClH/c9-8-3-6(4-10)1-2-7(8)5-11;/h1-3H,4,10H2;1H. The number of rotatable bonds is 1. The summed E-state index contributed by atoms with van der Waals surface area (Å²) in [5, 5.41) is 8.98.